The van der Waals surface area contributed by atoms with E-state index in [0.29, 0.717) is 12.5 Å². The minimum absolute atomic E-state index is 0.0499. The molecule has 2 aromatic rings. The maximum absolute atomic E-state index is 12.1. The Bertz CT molecular complexity index is 720. The number of aromatic nitrogens is 3. The Morgan fingerprint density at radius 2 is 1.80 bits per heavy atom. The predicted octanol–water partition coefficient (Wildman–Crippen LogP) is 1.58. The lowest BCUT2D eigenvalue weighted by Crippen LogP contribution is -2.48. The summed E-state index contributed by atoms with van der Waals surface area (Å²) in [6.07, 6.45) is 3.50. The van der Waals surface area contributed by atoms with Gasteiger partial charge in [-0.05, 0) is 24.1 Å². The molecule has 0 unspecified atom stereocenters. The minimum atomic E-state index is -0.0499. The Morgan fingerprint density at radius 3 is 2.48 bits per heavy atom. The van der Waals surface area contributed by atoms with Crippen LogP contribution in [0, 0.1) is 5.92 Å². The van der Waals surface area contributed by atoms with Crippen molar-refractivity contribution in [2.75, 3.05) is 39.3 Å². The summed E-state index contributed by atoms with van der Waals surface area (Å²) >= 11 is 0. The van der Waals surface area contributed by atoms with E-state index in [1.807, 2.05) is 12.1 Å². The quantitative estimate of drug-likeness (QED) is 0.798. The summed E-state index contributed by atoms with van der Waals surface area (Å²) < 4.78 is 1.57. The molecule has 0 bridgehead atoms. The van der Waals surface area contributed by atoms with E-state index in [0.717, 1.165) is 44.0 Å². The highest BCUT2D eigenvalue weighted by molar-refractivity contribution is 5.56. The van der Waals surface area contributed by atoms with Gasteiger partial charge in [-0.1, -0.05) is 13.8 Å². The second kappa shape index (κ2) is 8.36. The van der Waals surface area contributed by atoms with Gasteiger partial charge in [-0.2, -0.15) is 5.10 Å². The Morgan fingerprint density at radius 1 is 1.04 bits per heavy atom. The molecule has 1 saturated heterocycles. The first-order valence-corrected chi connectivity index (χ1v) is 9.05. The fraction of sp³-hybridized carbons (Fsp3) is 0.526. The molecule has 1 aliphatic heterocycles. The second-order valence-corrected chi connectivity index (χ2v) is 7.06. The van der Waals surface area contributed by atoms with E-state index in [9.17, 15) is 4.79 Å². The van der Waals surface area contributed by atoms with E-state index >= 15 is 0 Å². The van der Waals surface area contributed by atoms with E-state index < -0.39 is 0 Å². The summed E-state index contributed by atoms with van der Waals surface area (Å²) in [5.74, 6) is 0.713. The zero-order chi connectivity index (χ0) is 17.6. The van der Waals surface area contributed by atoms with Gasteiger partial charge in [-0.15, -0.1) is 0 Å². The van der Waals surface area contributed by atoms with Crippen LogP contribution < -0.4 is 5.56 Å². The van der Waals surface area contributed by atoms with E-state index in [1.54, 1.807) is 29.2 Å². The molecule has 0 radical (unpaired) electrons. The highest BCUT2D eigenvalue weighted by Crippen LogP contribution is 2.12. The number of hydrogen-bond donors (Lipinski definition) is 0. The summed E-state index contributed by atoms with van der Waals surface area (Å²) in [7, 11) is 0. The minimum Gasteiger partial charge on any atom is -0.301 e. The van der Waals surface area contributed by atoms with Crippen molar-refractivity contribution in [3.05, 3.63) is 47.0 Å². The van der Waals surface area contributed by atoms with Crippen molar-refractivity contribution in [1.29, 1.82) is 0 Å². The van der Waals surface area contributed by atoms with E-state index in [1.165, 1.54) is 6.54 Å². The molecule has 0 saturated carbocycles. The smallest absolute Gasteiger partial charge is 0.266 e. The van der Waals surface area contributed by atoms with Crippen molar-refractivity contribution in [2.45, 2.75) is 20.4 Å². The van der Waals surface area contributed by atoms with Crippen molar-refractivity contribution in [3.63, 3.8) is 0 Å². The SMILES string of the molecule is CC(C)CN1CCN(CCn2nc(-c3cccnc3)ccc2=O)CC1. The molecule has 6 nitrogen and oxygen atoms in total. The lowest BCUT2D eigenvalue weighted by Gasteiger charge is -2.35. The average Bonchev–Trinajstić information content (AvgIpc) is 2.62. The molecular formula is C19H27N5O. The summed E-state index contributed by atoms with van der Waals surface area (Å²) in [6.45, 7) is 11.5. The second-order valence-electron chi connectivity index (χ2n) is 7.06. The molecule has 3 heterocycles. The molecule has 0 N–H and O–H groups in total. The molecule has 0 atom stereocenters. The third kappa shape index (κ3) is 4.96. The molecule has 6 heteroatoms. The number of pyridine rings is 1. The Hall–Kier alpha value is -2.05. The number of nitrogens with zero attached hydrogens (tertiary/aromatic N) is 5. The van der Waals surface area contributed by atoms with Crippen LogP contribution in [-0.2, 0) is 6.54 Å². The predicted molar refractivity (Wildman–Crippen MR) is 99.4 cm³/mol. The van der Waals surface area contributed by atoms with Gasteiger partial charge in [0.15, 0.2) is 0 Å². The van der Waals surface area contributed by atoms with Gasteiger partial charge in [0, 0.05) is 63.3 Å². The van der Waals surface area contributed by atoms with Gasteiger partial charge in [-0.25, -0.2) is 4.68 Å². The van der Waals surface area contributed by atoms with Crippen LogP contribution in [0.25, 0.3) is 11.3 Å². The van der Waals surface area contributed by atoms with Crippen molar-refractivity contribution >= 4 is 0 Å². The Labute approximate surface area is 149 Å². The molecule has 1 aliphatic rings. The third-order valence-corrected chi connectivity index (χ3v) is 4.54. The highest BCUT2D eigenvalue weighted by Gasteiger charge is 2.17. The van der Waals surface area contributed by atoms with Crippen LogP contribution in [0.2, 0.25) is 0 Å². The zero-order valence-electron chi connectivity index (χ0n) is 15.1. The number of rotatable bonds is 6. The van der Waals surface area contributed by atoms with E-state index in [2.05, 4.69) is 33.7 Å². The van der Waals surface area contributed by atoms with Crippen LogP contribution in [0.15, 0.2) is 41.5 Å². The first-order chi connectivity index (χ1) is 12.1. The van der Waals surface area contributed by atoms with Crippen molar-refractivity contribution < 1.29 is 0 Å². The molecule has 1 fully saturated rings. The molecule has 0 aromatic carbocycles. The first-order valence-electron chi connectivity index (χ1n) is 9.05. The molecule has 0 aliphatic carbocycles. The maximum Gasteiger partial charge on any atom is 0.266 e. The van der Waals surface area contributed by atoms with E-state index in [4.69, 9.17) is 0 Å². The van der Waals surface area contributed by atoms with Gasteiger partial charge >= 0.3 is 0 Å². The largest absolute Gasteiger partial charge is 0.301 e. The van der Waals surface area contributed by atoms with Crippen molar-refractivity contribution in [2.24, 2.45) is 5.92 Å². The molecule has 0 amide bonds. The Kier molecular flexibility index (Phi) is 5.94. The lowest BCUT2D eigenvalue weighted by molar-refractivity contribution is 0.118. The van der Waals surface area contributed by atoms with Crippen LogP contribution in [0.5, 0.6) is 0 Å². The van der Waals surface area contributed by atoms with Crippen molar-refractivity contribution in [3.8, 4) is 11.3 Å². The molecule has 2 aromatic heterocycles. The van der Waals surface area contributed by atoms with Crippen LogP contribution >= 0.6 is 0 Å². The molecule has 0 spiro atoms. The first kappa shape index (κ1) is 17.8. The number of piperazine rings is 1. The highest BCUT2D eigenvalue weighted by atomic mass is 16.1. The summed E-state index contributed by atoms with van der Waals surface area (Å²) in [5, 5.41) is 4.51. The molecule has 134 valence electrons. The lowest BCUT2D eigenvalue weighted by atomic mass is 10.2. The number of hydrogen-bond acceptors (Lipinski definition) is 5. The maximum atomic E-state index is 12.1. The average molecular weight is 341 g/mol. The fourth-order valence-electron chi connectivity index (χ4n) is 3.23. The standard InChI is InChI=1S/C19H27N5O/c1-16(2)15-23-10-8-22(9-11-23)12-13-24-19(25)6-5-18(21-24)17-4-3-7-20-14-17/h3-7,14,16H,8-13,15H2,1-2H3. The van der Waals surface area contributed by atoms with Crippen LogP contribution in [-0.4, -0.2) is 63.8 Å². The van der Waals surface area contributed by atoms with E-state index in [-0.39, 0.29) is 5.56 Å². The molecule has 25 heavy (non-hydrogen) atoms. The van der Waals surface area contributed by atoms with Gasteiger partial charge in [-0.3, -0.25) is 14.7 Å². The van der Waals surface area contributed by atoms with Gasteiger partial charge in [0.2, 0.25) is 0 Å². The van der Waals surface area contributed by atoms with Crippen molar-refractivity contribution in [1.82, 2.24) is 24.6 Å². The van der Waals surface area contributed by atoms with Gasteiger partial charge in [0.25, 0.3) is 5.56 Å². The monoisotopic (exact) mass is 341 g/mol. The molecule has 3 rings (SSSR count). The van der Waals surface area contributed by atoms with Crippen LogP contribution in [0.4, 0.5) is 0 Å². The Balaban J connectivity index is 1.58. The zero-order valence-corrected chi connectivity index (χ0v) is 15.1. The third-order valence-electron chi connectivity index (χ3n) is 4.54. The summed E-state index contributed by atoms with van der Waals surface area (Å²) in [5.41, 5.74) is 1.67. The topological polar surface area (TPSA) is 54.3 Å². The van der Waals surface area contributed by atoms with Gasteiger partial charge in [0.05, 0.1) is 12.2 Å². The van der Waals surface area contributed by atoms with Gasteiger partial charge < -0.3 is 4.90 Å². The van der Waals surface area contributed by atoms with Crippen LogP contribution in [0.3, 0.4) is 0 Å². The normalized spacial score (nSPS) is 16.4. The molecular weight excluding hydrogens is 314 g/mol. The summed E-state index contributed by atoms with van der Waals surface area (Å²) in [4.78, 5) is 21.2. The van der Waals surface area contributed by atoms with Gasteiger partial charge in [0.1, 0.15) is 0 Å². The fourth-order valence-corrected chi connectivity index (χ4v) is 3.23. The van der Waals surface area contributed by atoms with Crippen LogP contribution in [0.1, 0.15) is 13.8 Å². The summed E-state index contributed by atoms with van der Waals surface area (Å²) in [6, 6.07) is 7.19.